The monoisotopic (exact) mass is 278 g/mol. The van der Waals surface area contributed by atoms with Crippen LogP contribution in [0.4, 0.5) is 5.69 Å². The highest BCUT2D eigenvalue weighted by Crippen LogP contribution is 2.13. The summed E-state index contributed by atoms with van der Waals surface area (Å²) in [6.45, 7) is 8.09. The Labute approximate surface area is 121 Å². The summed E-state index contributed by atoms with van der Waals surface area (Å²) in [5.74, 6) is 0. The van der Waals surface area contributed by atoms with E-state index in [4.69, 9.17) is 12.2 Å². The molecular weight excluding hydrogens is 254 g/mol. The molecule has 1 heterocycles. The third kappa shape index (κ3) is 4.18. The summed E-state index contributed by atoms with van der Waals surface area (Å²) in [7, 11) is 0. The van der Waals surface area contributed by atoms with Crippen LogP contribution in [0.5, 0.6) is 0 Å². The Morgan fingerprint density at radius 2 is 2.00 bits per heavy atom. The molecular formula is C15H24N3S+. The zero-order valence-electron chi connectivity index (χ0n) is 11.8. The molecule has 0 unspecified atom stereocenters. The minimum absolute atomic E-state index is 0.527. The zero-order chi connectivity index (χ0) is 13.7. The Morgan fingerprint density at radius 1 is 1.32 bits per heavy atom. The highest BCUT2D eigenvalue weighted by atomic mass is 32.1. The predicted molar refractivity (Wildman–Crippen MR) is 84.8 cm³/mol. The average Bonchev–Trinajstić information content (AvgIpc) is 2.42. The standard InChI is InChI=1S/C15H23N3S/c1-3-18-10-8-13(9-11-18)16-15(19)17-14-7-5-4-6-12(14)2/h4-7,13H,3,8-11H2,1-2H3,(H2,16,17,19)/p+1. The van der Waals surface area contributed by atoms with E-state index in [-0.39, 0.29) is 0 Å². The van der Waals surface area contributed by atoms with Crippen molar-refractivity contribution in [2.45, 2.75) is 32.7 Å². The number of hydrogen-bond donors (Lipinski definition) is 3. The Morgan fingerprint density at radius 3 is 2.63 bits per heavy atom. The molecule has 1 aromatic rings. The van der Waals surface area contributed by atoms with Crippen molar-refractivity contribution in [3.63, 3.8) is 0 Å². The van der Waals surface area contributed by atoms with Crippen LogP contribution in [0.3, 0.4) is 0 Å². The summed E-state index contributed by atoms with van der Waals surface area (Å²) in [6, 6.07) is 8.75. The smallest absolute Gasteiger partial charge is 0.171 e. The van der Waals surface area contributed by atoms with Gasteiger partial charge in [0.2, 0.25) is 0 Å². The molecule has 1 aliphatic heterocycles. The first kappa shape index (κ1) is 14.3. The number of nitrogens with one attached hydrogen (secondary N) is 3. The summed E-state index contributed by atoms with van der Waals surface area (Å²) >= 11 is 5.41. The molecule has 0 aliphatic carbocycles. The first-order valence-corrected chi connectivity index (χ1v) is 7.56. The topological polar surface area (TPSA) is 28.5 Å². The van der Waals surface area contributed by atoms with Crippen LogP contribution in [0.25, 0.3) is 0 Å². The molecule has 0 atom stereocenters. The average molecular weight is 278 g/mol. The first-order valence-electron chi connectivity index (χ1n) is 7.15. The minimum atomic E-state index is 0.527. The lowest BCUT2D eigenvalue weighted by Gasteiger charge is -2.29. The van der Waals surface area contributed by atoms with E-state index in [0.29, 0.717) is 6.04 Å². The van der Waals surface area contributed by atoms with Crippen LogP contribution in [0.1, 0.15) is 25.3 Å². The Balaban J connectivity index is 1.81. The molecule has 0 radical (unpaired) electrons. The van der Waals surface area contributed by atoms with Gasteiger partial charge in [-0.15, -0.1) is 0 Å². The lowest BCUT2D eigenvalue weighted by molar-refractivity contribution is -0.903. The number of quaternary nitrogens is 1. The Hall–Kier alpha value is -1.13. The van der Waals surface area contributed by atoms with Crippen molar-refractivity contribution in [2.75, 3.05) is 25.0 Å². The van der Waals surface area contributed by atoms with Crippen LogP contribution in [-0.2, 0) is 0 Å². The number of para-hydroxylation sites is 1. The number of thiocarbonyl (C=S) groups is 1. The Kier molecular flexibility index (Phi) is 5.16. The second-order valence-electron chi connectivity index (χ2n) is 5.29. The SMILES string of the molecule is CC[NH+]1CCC(NC(=S)Nc2ccccc2C)CC1. The molecule has 1 fully saturated rings. The number of benzene rings is 1. The highest BCUT2D eigenvalue weighted by molar-refractivity contribution is 7.80. The van der Waals surface area contributed by atoms with Gasteiger partial charge in [-0.25, -0.2) is 0 Å². The van der Waals surface area contributed by atoms with Crippen LogP contribution in [0.15, 0.2) is 24.3 Å². The molecule has 0 saturated carbocycles. The molecule has 19 heavy (non-hydrogen) atoms. The van der Waals surface area contributed by atoms with Gasteiger partial charge >= 0.3 is 0 Å². The molecule has 1 aromatic carbocycles. The maximum absolute atomic E-state index is 5.41. The zero-order valence-corrected chi connectivity index (χ0v) is 12.6. The van der Waals surface area contributed by atoms with E-state index in [1.807, 2.05) is 12.1 Å². The quantitative estimate of drug-likeness (QED) is 0.729. The van der Waals surface area contributed by atoms with Gasteiger partial charge < -0.3 is 15.5 Å². The maximum Gasteiger partial charge on any atom is 0.171 e. The van der Waals surface area contributed by atoms with Gasteiger partial charge in [-0.3, -0.25) is 0 Å². The molecule has 0 amide bonds. The molecule has 3 nitrogen and oxygen atoms in total. The van der Waals surface area contributed by atoms with E-state index in [2.05, 4.69) is 36.6 Å². The number of piperidine rings is 1. The van der Waals surface area contributed by atoms with Crippen LogP contribution in [-0.4, -0.2) is 30.8 Å². The van der Waals surface area contributed by atoms with Crippen molar-refractivity contribution < 1.29 is 4.90 Å². The highest BCUT2D eigenvalue weighted by Gasteiger charge is 2.21. The second-order valence-corrected chi connectivity index (χ2v) is 5.70. The molecule has 0 spiro atoms. The molecule has 3 N–H and O–H groups in total. The minimum Gasteiger partial charge on any atom is -0.359 e. The van der Waals surface area contributed by atoms with Crippen molar-refractivity contribution >= 4 is 23.0 Å². The number of hydrogen-bond acceptors (Lipinski definition) is 1. The molecule has 0 aromatic heterocycles. The summed E-state index contributed by atoms with van der Waals surface area (Å²) in [4.78, 5) is 1.70. The van der Waals surface area contributed by atoms with Gasteiger partial charge in [-0.2, -0.15) is 0 Å². The van der Waals surface area contributed by atoms with E-state index in [1.165, 1.54) is 38.0 Å². The van der Waals surface area contributed by atoms with Crippen molar-refractivity contribution in [3.8, 4) is 0 Å². The third-order valence-electron chi connectivity index (χ3n) is 3.92. The summed E-state index contributed by atoms with van der Waals surface area (Å²) in [6.07, 6.45) is 2.41. The van der Waals surface area contributed by atoms with Crippen molar-refractivity contribution in [2.24, 2.45) is 0 Å². The van der Waals surface area contributed by atoms with Gasteiger partial charge in [0.1, 0.15) is 0 Å². The summed E-state index contributed by atoms with van der Waals surface area (Å²) < 4.78 is 0. The van der Waals surface area contributed by atoms with Gasteiger partial charge in [-0.05, 0) is 37.7 Å². The van der Waals surface area contributed by atoms with E-state index in [9.17, 15) is 0 Å². The van der Waals surface area contributed by atoms with E-state index >= 15 is 0 Å². The number of likely N-dealkylation sites (tertiary alicyclic amines) is 1. The molecule has 2 rings (SSSR count). The third-order valence-corrected chi connectivity index (χ3v) is 4.14. The summed E-state index contributed by atoms with van der Waals surface area (Å²) in [5.41, 5.74) is 2.31. The fourth-order valence-corrected chi connectivity index (χ4v) is 2.86. The van der Waals surface area contributed by atoms with Crippen LogP contribution in [0.2, 0.25) is 0 Å². The van der Waals surface area contributed by atoms with E-state index in [0.717, 1.165) is 10.8 Å². The number of rotatable bonds is 3. The summed E-state index contributed by atoms with van der Waals surface area (Å²) in [5, 5.41) is 7.49. The van der Waals surface area contributed by atoms with E-state index < -0.39 is 0 Å². The maximum atomic E-state index is 5.41. The number of anilines is 1. The fraction of sp³-hybridized carbons (Fsp3) is 0.533. The van der Waals surface area contributed by atoms with Gasteiger partial charge in [0.05, 0.1) is 19.6 Å². The predicted octanol–water partition coefficient (Wildman–Crippen LogP) is 1.35. The van der Waals surface area contributed by atoms with Crippen LogP contribution >= 0.6 is 12.2 Å². The van der Waals surface area contributed by atoms with Gasteiger partial charge in [0.15, 0.2) is 5.11 Å². The normalized spacial score (nSPS) is 22.8. The van der Waals surface area contributed by atoms with Gasteiger partial charge in [0.25, 0.3) is 0 Å². The van der Waals surface area contributed by atoms with Gasteiger partial charge in [0, 0.05) is 24.6 Å². The Bertz CT molecular complexity index is 425. The molecule has 104 valence electrons. The molecule has 1 saturated heterocycles. The van der Waals surface area contributed by atoms with Crippen molar-refractivity contribution in [1.29, 1.82) is 0 Å². The second kappa shape index (κ2) is 6.87. The van der Waals surface area contributed by atoms with Crippen LogP contribution in [0, 0.1) is 6.92 Å². The van der Waals surface area contributed by atoms with Crippen molar-refractivity contribution in [3.05, 3.63) is 29.8 Å². The molecule has 1 aliphatic rings. The lowest BCUT2D eigenvalue weighted by Crippen LogP contribution is -3.13. The number of aryl methyl sites for hydroxylation is 1. The molecule has 0 bridgehead atoms. The largest absolute Gasteiger partial charge is 0.359 e. The molecule has 4 heteroatoms. The first-order chi connectivity index (χ1) is 9.19. The van der Waals surface area contributed by atoms with Crippen molar-refractivity contribution in [1.82, 2.24) is 5.32 Å². The lowest BCUT2D eigenvalue weighted by atomic mass is 10.1. The van der Waals surface area contributed by atoms with E-state index in [1.54, 1.807) is 4.90 Å². The van der Waals surface area contributed by atoms with Gasteiger partial charge in [-0.1, -0.05) is 18.2 Å². The van der Waals surface area contributed by atoms with Crippen LogP contribution < -0.4 is 15.5 Å². The fourth-order valence-electron chi connectivity index (χ4n) is 2.58.